The van der Waals surface area contributed by atoms with Gasteiger partial charge in [0.25, 0.3) is 0 Å². The highest BCUT2D eigenvalue weighted by atomic mass is 35.5. The minimum Gasteiger partial charge on any atom is -0.489 e. The van der Waals surface area contributed by atoms with Crippen molar-refractivity contribution in [2.75, 3.05) is 20.1 Å². The number of hydrogen-bond donors (Lipinski definition) is 2. The molecule has 0 spiro atoms. The maximum absolute atomic E-state index is 5.84. The highest BCUT2D eigenvalue weighted by Gasteiger charge is 2.21. The molecular formula is C15H22ClN3O. The topological polar surface area (TPSA) is 45.7 Å². The molecule has 1 fully saturated rings. The monoisotopic (exact) mass is 295 g/mol. The fraction of sp³-hybridized carbons (Fsp3) is 0.533. The molecule has 1 aliphatic carbocycles. The molecule has 20 heavy (non-hydrogen) atoms. The zero-order valence-electron chi connectivity index (χ0n) is 12.0. The summed E-state index contributed by atoms with van der Waals surface area (Å²) in [5.74, 6) is 2.49. The lowest BCUT2D eigenvalue weighted by Crippen LogP contribution is -2.42. The summed E-state index contributed by atoms with van der Waals surface area (Å²) in [5.41, 5.74) is 0. The van der Waals surface area contributed by atoms with E-state index in [1.54, 1.807) is 7.05 Å². The molecule has 0 aromatic heterocycles. The number of aliphatic imine (C=N–C) groups is 1. The molecule has 1 saturated carbocycles. The SMILES string of the molecule is CN=C(NCC1CC1)NCC(C)Oc1ccc(Cl)cc1. The Morgan fingerprint density at radius 3 is 2.65 bits per heavy atom. The van der Waals surface area contributed by atoms with Crippen LogP contribution in [0.5, 0.6) is 5.75 Å². The first kappa shape index (κ1) is 15.0. The number of guanidine groups is 1. The lowest BCUT2D eigenvalue weighted by Gasteiger charge is -2.17. The fourth-order valence-corrected chi connectivity index (χ4v) is 1.94. The van der Waals surface area contributed by atoms with Crippen molar-refractivity contribution in [3.05, 3.63) is 29.3 Å². The van der Waals surface area contributed by atoms with Crippen molar-refractivity contribution < 1.29 is 4.74 Å². The number of halogens is 1. The average Bonchev–Trinajstić information content (AvgIpc) is 3.26. The van der Waals surface area contributed by atoms with Gasteiger partial charge in [0, 0.05) is 18.6 Å². The smallest absolute Gasteiger partial charge is 0.191 e. The number of rotatable bonds is 6. The highest BCUT2D eigenvalue weighted by Crippen LogP contribution is 2.27. The predicted molar refractivity (Wildman–Crippen MR) is 83.6 cm³/mol. The molecule has 1 aromatic rings. The summed E-state index contributed by atoms with van der Waals surface area (Å²) < 4.78 is 5.80. The molecule has 0 saturated heterocycles. The third kappa shape index (κ3) is 5.29. The Morgan fingerprint density at radius 2 is 2.05 bits per heavy atom. The van der Waals surface area contributed by atoms with Crippen molar-refractivity contribution in [3.63, 3.8) is 0 Å². The van der Waals surface area contributed by atoms with Gasteiger partial charge in [0.05, 0.1) is 6.54 Å². The van der Waals surface area contributed by atoms with E-state index in [1.165, 1.54) is 12.8 Å². The molecule has 2 rings (SSSR count). The van der Waals surface area contributed by atoms with Gasteiger partial charge < -0.3 is 15.4 Å². The van der Waals surface area contributed by atoms with Gasteiger partial charge in [0.1, 0.15) is 11.9 Å². The van der Waals surface area contributed by atoms with Crippen molar-refractivity contribution in [1.29, 1.82) is 0 Å². The first-order valence-electron chi connectivity index (χ1n) is 7.04. The maximum Gasteiger partial charge on any atom is 0.191 e. The molecule has 4 nitrogen and oxygen atoms in total. The van der Waals surface area contributed by atoms with Gasteiger partial charge >= 0.3 is 0 Å². The molecule has 1 aliphatic rings. The van der Waals surface area contributed by atoms with Gasteiger partial charge in [-0.3, -0.25) is 4.99 Å². The molecule has 1 atom stereocenters. The second kappa shape index (κ2) is 7.39. The van der Waals surface area contributed by atoms with E-state index in [4.69, 9.17) is 16.3 Å². The lowest BCUT2D eigenvalue weighted by atomic mass is 10.3. The molecule has 0 radical (unpaired) electrons. The second-order valence-electron chi connectivity index (χ2n) is 5.16. The van der Waals surface area contributed by atoms with Crippen LogP contribution >= 0.6 is 11.6 Å². The molecule has 0 heterocycles. The van der Waals surface area contributed by atoms with Crippen LogP contribution in [0.2, 0.25) is 5.02 Å². The van der Waals surface area contributed by atoms with E-state index in [0.29, 0.717) is 11.6 Å². The van der Waals surface area contributed by atoms with Crippen LogP contribution in [0.1, 0.15) is 19.8 Å². The molecular weight excluding hydrogens is 274 g/mol. The average molecular weight is 296 g/mol. The van der Waals surface area contributed by atoms with Gasteiger partial charge in [-0.05, 0) is 49.9 Å². The molecule has 0 amide bonds. The normalized spacial score (nSPS) is 16.6. The Morgan fingerprint density at radius 1 is 1.35 bits per heavy atom. The van der Waals surface area contributed by atoms with Gasteiger partial charge in [-0.2, -0.15) is 0 Å². The van der Waals surface area contributed by atoms with Crippen molar-refractivity contribution in [3.8, 4) is 5.75 Å². The van der Waals surface area contributed by atoms with Crippen LogP contribution in [0, 0.1) is 5.92 Å². The Hall–Kier alpha value is -1.42. The molecule has 1 aromatic carbocycles. The third-order valence-electron chi connectivity index (χ3n) is 3.19. The number of ether oxygens (including phenoxy) is 1. The second-order valence-corrected chi connectivity index (χ2v) is 5.60. The van der Waals surface area contributed by atoms with E-state index in [2.05, 4.69) is 15.6 Å². The molecule has 110 valence electrons. The Bertz CT molecular complexity index is 443. The van der Waals surface area contributed by atoms with Crippen LogP contribution in [0.4, 0.5) is 0 Å². The van der Waals surface area contributed by atoms with Crippen molar-refractivity contribution >= 4 is 17.6 Å². The number of hydrogen-bond acceptors (Lipinski definition) is 2. The molecule has 1 unspecified atom stereocenters. The van der Waals surface area contributed by atoms with Crippen LogP contribution in [0.3, 0.4) is 0 Å². The quantitative estimate of drug-likeness (QED) is 0.626. The van der Waals surface area contributed by atoms with Crippen LogP contribution in [0.25, 0.3) is 0 Å². The third-order valence-corrected chi connectivity index (χ3v) is 3.44. The molecule has 0 aliphatic heterocycles. The first-order chi connectivity index (χ1) is 9.67. The van der Waals surface area contributed by atoms with E-state index in [1.807, 2.05) is 31.2 Å². The Kier molecular flexibility index (Phi) is 5.53. The van der Waals surface area contributed by atoms with Gasteiger partial charge in [0.15, 0.2) is 5.96 Å². The Balaban J connectivity index is 1.70. The largest absolute Gasteiger partial charge is 0.489 e. The lowest BCUT2D eigenvalue weighted by molar-refractivity contribution is 0.224. The summed E-state index contributed by atoms with van der Waals surface area (Å²) in [6.45, 7) is 3.73. The van der Waals surface area contributed by atoms with Crippen LogP contribution in [-0.4, -0.2) is 32.2 Å². The fourth-order valence-electron chi connectivity index (χ4n) is 1.81. The van der Waals surface area contributed by atoms with E-state index in [-0.39, 0.29) is 6.10 Å². The van der Waals surface area contributed by atoms with Gasteiger partial charge in [-0.1, -0.05) is 11.6 Å². The number of benzene rings is 1. The molecule has 5 heteroatoms. The standard InChI is InChI=1S/C15H22ClN3O/c1-11(20-14-7-5-13(16)6-8-14)9-18-15(17-2)19-10-12-3-4-12/h5-8,11-12H,3-4,9-10H2,1-2H3,(H2,17,18,19). The summed E-state index contributed by atoms with van der Waals surface area (Å²) in [6.07, 6.45) is 2.72. The van der Waals surface area contributed by atoms with E-state index >= 15 is 0 Å². The highest BCUT2D eigenvalue weighted by molar-refractivity contribution is 6.30. The van der Waals surface area contributed by atoms with Gasteiger partial charge in [-0.15, -0.1) is 0 Å². The molecule has 2 N–H and O–H groups in total. The van der Waals surface area contributed by atoms with E-state index in [0.717, 1.165) is 24.2 Å². The van der Waals surface area contributed by atoms with Crippen LogP contribution < -0.4 is 15.4 Å². The number of nitrogens with zero attached hydrogens (tertiary/aromatic N) is 1. The summed E-state index contributed by atoms with van der Waals surface area (Å²) in [7, 11) is 1.78. The minimum absolute atomic E-state index is 0.0515. The van der Waals surface area contributed by atoms with Crippen molar-refractivity contribution in [2.45, 2.75) is 25.9 Å². The van der Waals surface area contributed by atoms with Crippen LogP contribution in [0.15, 0.2) is 29.3 Å². The van der Waals surface area contributed by atoms with Gasteiger partial charge in [0.2, 0.25) is 0 Å². The maximum atomic E-state index is 5.84. The minimum atomic E-state index is 0.0515. The zero-order valence-corrected chi connectivity index (χ0v) is 12.8. The summed E-state index contributed by atoms with van der Waals surface area (Å²) in [6, 6.07) is 7.40. The van der Waals surface area contributed by atoms with Crippen molar-refractivity contribution in [1.82, 2.24) is 10.6 Å². The molecule has 0 bridgehead atoms. The summed E-state index contributed by atoms with van der Waals surface area (Å²) >= 11 is 5.84. The Labute approximate surface area is 125 Å². The van der Waals surface area contributed by atoms with E-state index in [9.17, 15) is 0 Å². The summed E-state index contributed by atoms with van der Waals surface area (Å²) in [5, 5.41) is 7.31. The van der Waals surface area contributed by atoms with Crippen molar-refractivity contribution in [2.24, 2.45) is 10.9 Å². The summed E-state index contributed by atoms with van der Waals surface area (Å²) in [4.78, 5) is 4.20. The van der Waals surface area contributed by atoms with Crippen LogP contribution in [-0.2, 0) is 0 Å². The predicted octanol–water partition coefficient (Wildman–Crippen LogP) is 2.68. The van der Waals surface area contributed by atoms with E-state index < -0.39 is 0 Å². The van der Waals surface area contributed by atoms with Gasteiger partial charge in [-0.25, -0.2) is 0 Å². The first-order valence-corrected chi connectivity index (χ1v) is 7.42. The zero-order chi connectivity index (χ0) is 14.4. The number of nitrogens with one attached hydrogen (secondary N) is 2.